The lowest BCUT2D eigenvalue weighted by Gasteiger charge is -2.31. The van der Waals surface area contributed by atoms with Gasteiger partial charge in [-0.3, -0.25) is 4.79 Å². The van der Waals surface area contributed by atoms with Crippen molar-refractivity contribution in [3.8, 4) is 0 Å². The maximum Gasteiger partial charge on any atom is 0.277 e. The number of para-hydroxylation sites is 1. The fourth-order valence-electron chi connectivity index (χ4n) is 3.46. The van der Waals surface area contributed by atoms with E-state index < -0.39 is 0 Å². The van der Waals surface area contributed by atoms with Gasteiger partial charge >= 0.3 is 0 Å². The topological polar surface area (TPSA) is 72.1 Å². The van der Waals surface area contributed by atoms with Crippen LogP contribution in [0.3, 0.4) is 0 Å². The predicted molar refractivity (Wildman–Crippen MR) is 105 cm³/mol. The highest BCUT2D eigenvalue weighted by molar-refractivity contribution is 7.99. The molecule has 8 heteroatoms. The molecular formula is C19H20N4O2S2. The lowest BCUT2D eigenvalue weighted by atomic mass is 9.99. The highest BCUT2D eigenvalue weighted by atomic mass is 32.2. The number of hydrogen-bond donors (Lipinski definition) is 0. The van der Waals surface area contributed by atoms with E-state index in [2.05, 4.69) is 22.3 Å². The molecule has 0 unspecified atom stereocenters. The largest absolute Gasteiger partial charge is 0.416 e. The van der Waals surface area contributed by atoms with Gasteiger partial charge in [-0.15, -0.1) is 21.5 Å². The molecule has 1 atom stereocenters. The van der Waals surface area contributed by atoms with Crippen LogP contribution in [-0.4, -0.2) is 44.8 Å². The first-order valence-electron chi connectivity index (χ1n) is 9.36. The molecule has 27 heavy (non-hydrogen) atoms. The van der Waals surface area contributed by atoms with Crippen LogP contribution in [0.5, 0.6) is 0 Å². The van der Waals surface area contributed by atoms with Crippen molar-refractivity contribution in [2.45, 2.75) is 42.7 Å². The number of fused-ring (bicyclic) bond motifs is 1. The van der Waals surface area contributed by atoms with Crippen LogP contribution in [0.4, 0.5) is 0 Å². The van der Waals surface area contributed by atoms with Gasteiger partial charge in [0.05, 0.1) is 21.0 Å². The van der Waals surface area contributed by atoms with Crippen molar-refractivity contribution in [1.29, 1.82) is 0 Å². The molecule has 140 valence electrons. The number of thiazole rings is 1. The molecule has 0 bridgehead atoms. The monoisotopic (exact) mass is 400 g/mol. The Kier molecular flexibility index (Phi) is 4.61. The molecule has 1 saturated carbocycles. The summed E-state index contributed by atoms with van der Waals surface area (Å²) in [5.41, 5.74) is 1.05. The molecule has 0 radical (unpaired) electrons. The molecule has 3 heterocycles. The fourth-order valence-corrected chi connectivity index (χ4v) is 5.22. The minimum Gasteiger partial charge on any atom is -0.416 e. The number of nitrogens with zero attached hydrogens (tertiary/aromatic N) is 4. The second-order valence-electron chi connectivity index (χ2n) is 7.17. The van der Waals surface area contributed by atoms with Gasteiger partial charge in [-0.1, -0.05) is 23.9 Å². The first kappa shape index (κ1) is 17.2. The van der Waals surface area contributed by atoms with Gasteiger partial charge in [0.25, 0.3) is 5.22 Å². The van der Waals surface area contributed by atoms with Crippen LogP contribution in [0.1, 0.15) is 48.4 Å². The van der Waals surface area contributed by atoms with Crippen molar-refractivity contribution >= 4 is 39.2 Å². The Hall–Kier alpha value is -1.93. The summed E-state index contributed by atoms with van der Waals surface area (Å²) < 4.78 is 6.85. The molecule has 2 aliphatic rings. The van der Waals surface area contributed by atoms with Crippen molar-refractivity contribution in [3.05, 3.63) is 35.2 Å². The van der Waals surface area contributed by atoms with Crippen molar-refractivity contribution in [1.82, 2.24) is 20.1 Å². The number of piperidine rings is 1. The zero-order valence-electron chi connectivity index (χ0n) is 14.8. The Morgan fingerprint density at radius 3 is 2.96 bits per heavy atom. The highest BCUT2D eigenvalue weighted by Gasteiger charge is 2.30. The summed E-state index contributed by atoms with van der Waals surface area (Å²) in [6, 6.07) is 8.23. The summed E-state index contributed by atoms with van der Waals surface area (Å²) in [6.07, 6.45) is 4.37. The molecule has 1 aromatic carbocycles. The average molecular weight is 401 g/mol. The average Bonchev–Trinajstić information content (AvgIpc) is 3.28. The maximum absolute atomic E-state index is 12.7. The van der Waals surface area contributed by atoms with Gasteiger partial charge in [0.15, 0.2) is 0 Å². The minimum atomic E-state index is 0.136. The van der Waals surface area contributed by atoms with E-state index in [1.165, 1.54) is 16.5 Å². The van der Waals surface area contributed by atoms with Crippen LogP contribution in [0.15, 0.2) is 33.9 Å². The third-order valence-electron chi connectivity index (χ3n) is 5.10. The Labute approximate surface area is 165 Å². The van der Waals surface area contributed by atoms with E-state index in [0.29, 0.717) is 22.8 Å². The number of carbonyl (C=O) groups is 1. The van der Waals surface area contributed by atoms with Crippen LogP contribution in [0.25, 0.3) is 10.2 Å². The number of rotatable bonds is 5. The molecule has 3 aromatic rings. The molecule has 0 spiro atoms. The van der Waals surface area contributed by atoms with E-state index in [1.807, 2.05) is 17.0 Å². The highest BCUT2D eigenvalue weighted by Crippen LogP contribution is 2.40. The summed E-state index contributed by atoms with van der Waals surface area (Å²) in [6.45, 7) is 1.56. The molecule has 6 nitrogen and oxygen atoms in total. The first-order chi connectivity index (χ1) is 13.3. The van der Waals surface area contributed by atoms with Crippen LogP contribution >= 0.6 is 23.1 Å². The second-order valence-corrected chi connectivity index (χ2v) is 9.16. The number of aromatic nitrogens is 3. The van der Waals surface area contributed by atoms with Crippen LogP contribution < -0.4 is 0 Å². The molecule has 1 amide bonds. The number of amides is 1. The lowest BCUT2D eigenvalue weighted by Crippen LogP contribution is -2.40. The van der Waals surface area contributed by atoms with Crippen LogP contribution in [0, 0.1) is 0 Å². The summed E-state index contributed by atoms with van der Waals surface area (Å²) in [7, 11) is 0. The number of thioether (sulfide) groups is 1. The van der Waals surface area contributed by atoms with Gasteiger partial charge < -0.3 is 9.32 Å². The van der Waals surface area contributed by atoms with Crippen molar-refractivity contribution in [2.75, 3.05) is 18.8 Å². The second kappa shape index (κ2) is 7.24. The third kappa shape index (κ3) is 3.73. The van der Waals surface area contributed by atoms with Gasteiger partial charge in [-0.05, 0) is 37.8 Å². The van der Waals surface area contributed by atoms with E-state index in [9.17, 15) is 4.79 Å². The van der Waals surface area contributed by atoms with Crippen LogP contribution in [0.2, 0.25) is 0 Å². The molecule has 2 aromatic heterocycles. The maximum atomic E-state index is 12.7. The van der Waals surface area contributed by atoms with Gasteiger partial charge in [0.2, 0.25) is 11.8 Å². The van der Waals surface area contributed by atoms with E-state index in [1.54, 1.807) is 11.3 Å². The van der Waals surface area contributed by atoms with Gasteiger partial charge in [0.1, 0.15) is 0 Å². The summed E-state index contributed by atoms with van der Waals surface area (Å²) >= 11 is 3.10. The van der Waals surface area contributed by atoms with Crippen molar-refractivity contribution in [2.24, 2.45) is 0 Å². The normalized spacial score (nSPS) is 20.3. The Balaban J connectivity index is 1.21. The quantitative estimate of drug-likeness (QED) is 0.602. The zero-order chi connectivity index (χ0) is 18.2. The molecule has 5 rings (SSSR count). The summed E-state index contributed by atoms with van der Waals surface area (Å²) in [5.74, 6) is 1.98. The molecule has 0 N–H and O–H groups in total. The SMILES string of the molecule is O=C(CSc1nnc(C2CC2)o1)N1CCC[C@@H](c2nc3ccccc3s2)C1. The van der Waals surface area contributed by atoms with Gasteiger partial charge in [-0.25, -0.2) is 4.98 Å². The number of hydrogen-bond acceptors (Lipinski definition) is 7. The first-order valence-corrected chi connectivity index (χ1v) is 11.2. The van der Waals surface area contributed by atoms with Crippen molar-refractivity contribution < 1.29 is 9.21 Å². The van der Waals surface area contributed by atoms with Crippen molar-refractivity contribution in [3.63, 3.8) is 0 Å². The van der Waals surface area contributed by atoms with E-state index >= 15 is 0 Å². The molecule has 1 aliphatic heterocycles. The molecule has 2 fully saturated rings. The van der Waals surface area contributed by atoms with Crippen LogP contribution in [-0.2, 0) is 4.79 Å². The number of benzene rings is 1. The fraction of sp³-hybridized carbons (Fsp3) is 0.474. The Bertz CT molecular complexity index is 932. The third-order valence-corrected chi connectivity index (χ3v) is 7.10. The molecule has 1 aliphatic carbocycles. The lowest BCUT2D eigenvalue weighted by molar-refractivity contribution is -0.129. The number of carbonyl (C=O) groups excluding carboxylic acids is 1. The van der Waals surface area contributed by atoms with Gasteiger partial charge in [0, 0.05) is 24.9 Å². The Morgan fingerprint density at radius 1 is 1.22 bits per heavy atom. The zero-order valence-corrected chi connectivity index (χ0v) is 16.5. The standard InChI is InChI=1S/C19H20N4O2S2/c24-16(11-26-19-22-21-17(25-19)12-7-8-12)23-9-3-4-13(10-23)18-20-14-5-1-2-6-15(14)27-18/h1-2,5-6,12-13H,3-4,7-11H2/t13-/m1/s1. The summed E-state index contributed by atoms with van der Waals surface area (Å²) in [5, 5.41) is 9.77. The smallest absolute Gasteiger partial charge is 0.277 e. The molecule has 1 saturated heterocycles. The van der Waals surface area contributed by atoms with Gasteiger partial charge in [-0.2, -0.15) is 0 Å². The Morgan fingerprint density at radius 2 is 2.11 bits per heavy atom. The van der Waals surface area contributed by atoms with E-state index in [-0.39, 0.29) is 5.91 Å². The minimum absolute atomic E-state index is 0.136. The molecular weight excluding hydrogens is 380 g/mol. The predicted octanol–water partition coefficient (Wildman–Crippen LogP) is 4.06. The summed E-state index contributed by atoms with van der Waals surface area (Å²) in [4.78, 5) is 19.4. The van der Waals surface area contributed by atoms with E-state index in [4.69, 9.17) is 9.40 Å². The van der Waals surface area contributed by atoms with E-state index in [0.717, 1.165) is 55.2 Å². The number of likely N-dealkylation sites (tertiary alicyclic amines) is 1.